The number of carbonyl (C=O) groups excluding carboxylic acids is 1. The third kappa shape index (κ3) is 4.25. The number of rotatable bonds is 5. The summed E-state index contributed by atoms with van der Waals surface area (Å²) in [4.78, 5) is 12.6. The molecule has 1 aromatic heterocycles. The number of carbonyl (C=O) groups is 1. The molecule has 2 aliphatic heterocycles. The molecule has 2 atom stereocenters. The standard InChI is InChI=1S/C18H21F2N5O2.ClH/c1-10-16(17(26)22-13-8-11-2-3-12(9-13)21-11)23-24-25(10)14-4-6-15(7-5-14)27-18(19)20;/h4-7,11-13,18,21H,2-3,8-9H2,1H3,(H,22,26);1H. The van der Waals surface area contributed by atoms with Gasteiger partial charge in [-0.25, -0.2) is 4.68 Å². The summed E-state index contributed by atoms with van der Waals surface area (Å²) >= 11 is 0. The van der Waals surface area contributed by atoms with Crippen LogP contribution in [0.4, 0.5) is 8.78 Å². The average Bonchev–Trinajstić information content (AvgIpc) is 3.17. The molecule has 2 aromatic rings. The second kappa shape index (κ2) is 8.40. The van der Waals surface area contributed by atoms with Crippen molar-refractivity contribution in [2.45, 2.75) is 57.3 Å². The van der Waals surface area contributed by atoms with Gasteiger partial charge in [0.25, 0.3) is 5.91 Å². The van der Waals surface area contributed by atoms with E-state index in [-0.39, 0.29) is 35.8 Å². The molecule has 1 amide bonds. The van der Waals surface area contributed by atoms with Gasteiger partial charge in [0, 0.05) is 18.1 Å². The van der Waals surface area contributed by atoms with E-state index in [2.05, 4.69) is 25.7 Å². The lowest BCUT2D eigenvalue weighted by Gasteiger charge is -2.29. The second-order valence-corrected chi connectivity index (χ2v) is 7.09. The highest BCUT2D eigenvalue weighted by molar-refractivity contribution is 5.93. The van der Waals surface area contributed by atoms with Crippen LogP contribution in [0.25, 0.3) is 5.69 Å². The lowest BCUT2D eigenvalue weighted by Crippen LogP contribution is -2.48. The zero-order valence-electron chi connectivity index (χ0n) is 15.3. The summed E-state index contributed by atoms with van der Waals surface area (Å²) in [6.07, 6.45) is 4.19. The predicted molar refractivity (Wildman–Crippen MR) is 100 cm³/mol. The average molecular weight is 414 g/mol. The highest BCUT2D eigenvalue weighted by Crippen LogP contribution is 2.27. The normalized spacial score (nSPS) is 23.4. The van der Waals surface area contributed by atoms with Crippen LogP contribution in [-0.4, -0.2) is 45.6 Å². The summed E-state index contributed by atoms with van der Waals surface area (Å²) in [5.41, 5.74) is 1.47. The van der Waals surface area contributed by atoms with Crippen molar-refractivity contribution in [3.63, 3.8) is 0 Å². The molecule has 7 nitrogen and oxygen atoms in total. The van der Waals surface area contributed by atoms with E-state index in [1.807, 2.05) is 0 Å². The molecule has 3 heterocycles. The molecule has 28 heavy (non-hydrogen) atoms. The molecule has 4 rings (SSSR count). The molecule has 0 spiro atoms. The molecule has 0 saturated carbocycles. The lowest BCUT2D eigenvalue weighted by atomic mass is 9.99. The molecule has 2 unspecified atom stereocenters. The molecule has 2 N–H and O–H groups in total. The number of aromatic nitrogens is 3. The van der Waals surface area contributed by atoms with Crippen LogP contribution < -0.4 is 15.4 Å². The molecule has 1 aromatic carbocycles. The highest BCUT2D eigenvalue weighted by atomic mass is 35.5. The van der Waals surface area contributed by atoms with Crippen molar-refractivity contribution in [1.82, 2.24) is 25.6 Å². The van der Waals surface area contributed by atoms with Gasteiger partial charge in [0.05, 0.1) is 11.4 Å². The number of halogens is 3. The van der Waals surface area contributed by atoms with Crippen LogP contribution in [0.15, 0.2) is 24.3 Å². The fourth-order valence-electron chi connectivity index (χ4n) is 3.98. The van der Waals surface area contributed by atoms with Crippen LogP contribution in [0, 0.1) is 6.92 Å². The van der Waals surface area contributed by atoms with Crippen LogP contribution in [-0.2, 0) is 0 Å². The Labute approximate surface area is 167 Å². The predicted octanol–water partition coefficient (Wildman–Crippen LogP) is 2.61. The number of ether oxygens (including phenoxy) is 1. The maximum atomic E-state index is 12.6. The minimum atomic E-state index is -2.87. The number of nitrogens with one attached hydrogen (secondary N) is 2. The van der Waals surface area contributed by atoms with Crippen LogP contribution >= 0.6 is 12.4 Å². The number of amides is 1. The van der Waals surface area contributed by atoms with Gasteiger partial charge >= 0.3 is 6.61 Å². The lowest BCUT2D eigenvalue weighted by molar-refractivity contribution is -0.0498. The molecular formula is C18H22ClF2N5O2. The molecule has 10 heteroatoms. The molecule has 2 aliphatic rings. The van der Waals surface area contributed by atoms with E-state index in [4.69, 9.17) is 0 Å². The third-order valence-electron chi connectivity index (χ3n) is 5.22. The Hall–Kier alpha value is -2.26. The van der Waals surface area contributed by atoms with Gasteiger partial charge in [-0.05, 0) is 56.9 Å². The highest BCUT2D eigenvalue weighted by Gasteiger charge is 2.34. The molecule has 2 saturated heterocycles. The van der Waals surface area contributed by atoms with Crippen molar-refractivity contribution < 1.29 is 18.3 Å². The first kappa shape index (κ1) is 20.5. The van der Waals surface area contributed by atoms with E-state index in [1.165, 1.54) is 16.8 Å². The fraction of sp³-hybridized carbons (Fsp3) is 0.500. The Morgan fingerprint density at radius 3 is 2.50 bits per heavy atom. The van der Waals surface area contributed by atoms with Crippen molar-refractivity contribution in [2.75, 3.05) is 0 Å². The molecule has 0 radical (unpaired) electrons. The van der Waals surface area contributed by atoms with Gasteiger partial charge in [-0.3, -0.25) is 4.79 Å². The van der Waals surface area contributed by atoms with Gasteiger partial charge in [0.2, 0.25) is 0 Å². The Balaban J connectivity index is 0.00000225. The zero-order valence-corrected chi connectivity index (χ0v) is 16.1. The Morgan fingerprint density at radius 1 is 1.25 bits per heavy atom. The molecule has 2 fully saturated rings. The van der Waals surface area contributed by atoms with Gasteiger partial charge < -0.3 is 15.4 Å². The van der Waals surface area contributed by atoms with E-state index < -0.39 is 6.61 Å². The Morgan fingerprint density at radius 2 is 1.89 bits per heavy atom. The zero-order chi connectivity index (χ0) is 19.0. The van der Waals surface area contributed by atoms with E-state index >= 15 is 0 Å². The largest absolute Gasteiger partial charge is 0.435 e. The smallest absolute Gasteiger partial charge is 0.387 e. The van der Waals surface area contributed by atoms with Gasteiger partial charge in [0.15, 0.2) is 5.69 Å². The second-order valence-electron chi connectivity index (χ2n) is 7.09. The Bertz CT molecular complexity index is 818. The summed E-state index contributed by atoms with van der Waals surface area (Å²) in [7, 11) is 0. The van der Waals surface area contributed by atoms with Crippen LogP contribution in [0.3, 0.4) is 0 Å². The van der Waals surface area contributed by atoms with Crippen molar-refractivity contribution in [3.05, 3.63) is 35.7 Å². The van der Waals surface area contributed by atoms with Gasteiger partial charge in [-0.2, -0.15) is 8.78 Å². The van der Waals surface area contributed by atoms with Crippen LogP contribution in [0.2, 0.25) is 0 Å². The monoisotopic (exact) mass is 413 g/mol. The van der Waals surface area contributed by atoms with E-state index in [9.17, 15) is 13.6 Å². The van der Waals surface area contributed by atoms with Gasteiger partial charge in [-0.1, -0.05) is 5.21 Å². The fourth-order valence-corrected chi connectivity index (χ4v) is 3.98. The number of hydrogen-bond donors (Lipinski definition) is 2. The summed E-state index contributed by atoms with van der Waals surface area (Å²) in [5, 5.41) is 14.7. The van der Waals surface area contributed by atoms with E-state index in [0.717, 1.165) is 25.7 Å². The topological polar surface area (TPSA) is 81.1 Å². The van der Waals surface area contributed by atoms with Crippen LogP contribution in [0.1, 0.15) is 41.9 Å². The first-order valence-corrected chi connectivity index (χ1v) is 9.04. The van der Waals surface area contributed by atoms with Gasteiger partial charge in [-0.15, -0.1) is 17.5 Å². The maximum absolute atomic E-state index is 12.6. The van der Waals surface area contributed by atoms with Crippen molar-refractivity contribution >= 4 is 18.3 Å². The minimum absolute atomic E-state index is 0. The number of alkyl halides is 2. The number of fused-ring (bicyclic) bond motifs is 2. The van der Waals surface area contributed by atoms with Crippen molar-refractivity contribution in [2.24, 2.45) is 0 Å². The number of nitrogens with zero attached hydrogens (tertiary/aromatic N) is 3. The first-order valence-electron chi connectivity index (χ1n) is 9.04. The first-order chi connectivity index (χ1) is 13.0. The summed E-state index contributed by atoms with van der Waals surface area (Å²) < 4.78 is 30.3. The van der Waals surface area contributed by atoms with Crippen molar-refractivity contribution in [3.8, 4) is 11.4 Å². The quantitative estimate of drug-likeness (QED) is 0.787. The maximum Gasteiger partial charge on any atom is 0.387 e. The number of piperidine rings is 1. The van der Waals surface area contributed by atoms with Gasteiger partial charge in [0.1, 0.15) is 5.75 Å². The number of hydrogen-bond acceptors (Lipinski definition) is 5. The molecular weight excluding hydrogens is 392 g/mol. The van der Waals surface area contributed by atoms with E-state index in [0.29, 0.717) is 23.5 Å². The summed E-state index contributed by atoms with van der Waals surface area (Å²) in [6.45, 7) is -1.12. The minimum Gasteiger partial charge on any atom is -0.435 e. The SMILES string of the molecule is Cc1c(C(=O)NC2CC3CCC(C2)N3)nnn1-c1ccc(OC(F)F)cc1.Cl. The molecule has 2 bridgehead atoms. The number of benzene rings is 1. The summed E-state index contributed by atoms with van der Waals surface area (Å²) in [5.74, 6) is -0.173. The van der Waals surface area contributed by atoms with Crippen LogP contribution in [0.5, 0.6) is 5.75 Å². The molecule has 0 aliphatic carbocycles. The third-order valence-corrected chi connectivity index (χ3v) is 5.22. The molecule has 152 valence electrons. The van der Waals surface area contributed by atoms with Crippen molar-refractivity contribution in [1.29, 1.82) is 0 Å². The summed E-state index contributed by atoms with van der Waals surface area (Å²) in [6, 6.07) is 7.14. The Kier molecular flexibility index (Phi) is 6.14. The van der Waals surface area contributed by atoms with E-state index in [1.54, 1.807) is 19.1 Å².